The lowest BCUT2D eigenvalue weighted by Crippen LogP contribution is -1.98. The van der Waals surface area contributed by atoms with E-state index in [0.717, 1.165) is 12.3 Å². The largest absolute Gasteiger partial charge is 0.344 e. The summed E-state index contributed by atoms with van der Waals surface area (Å²) in [5.41, 5.74) is 4.15. The van der Waals surface area contributed by atoms with Crippen molar-refractivity contribution in [2.45, 2.75) is 26.1 Å². The standard InChI is InChI=1S/C13H17NS/c1-4-14-12(9-15-3)8-11-6-5-10(2)7-13(11)14/h5-8H,4,9H2,1-3H3. The fraction of sp³-hybridized carbons (Fsp3) is 0.385. The van der Waals surface area contributed by atoms with Crippen molar-refractivity contribution in [1.29, 1.82) is 0 Å². The van der Waals surface area contributed by atoms with Crippen LogP contribution in [0.3, 0.4) is 0 Å². The molecule has 80 valence electrons. The number of fused-ring (bicyclic) bond motifs is 1. The first-order valence-electron chi connectivity index (χ1n) is 5.34. The Hall–Kier alpha value is -0.890. The van der Waals surface area contributed by atoms with Crippen molar-refractivity contribution in [2.24, 2.45) is 0 Å². The van der Waals surface area contributed by atoms with Gasteiger partial charge in [0.2, 0.25) is 0 Å². The zero-order valence-electron chi connectivity index (χ0n) is 9.58. The molecule has 0 saturated heterocycles. The summed E-state index contributed by atoms with van der Waals surface area (Å²) in [6, 6.07) is 9.00. The Kier molecular flexibility index (Phi) is 3.06. The van der Waals surface area contributed by atoms with Crippen LogP contribution in [0.1, 0.15) is 18.2 Å². The van der Waals surface area contributed by atoms with E-state index in [1.165, 1.54) is 22.2 Å². The minimum atomic E-state index is 1.06. The fourth-order valence-corrected chi connectivity index (χ4v) is 2.60. The van der Waals surface area contributed by atoms with E-state index >= 15 is 0 Å². The van der Waals surface area contributed by atoms with E-state index in [1.54, 1.807) is 0 Å². The molecule has 0 amide bonds. The van der Waals surface area contributed by atoms with Gasteiger partial charge in [-0.1, -0.05) is 12.1 Å². The predicted octanol–water partition coefficient (Wildman–Crippen LogP) is 3.83. The molecule has 1 aromatic heterocycles. The van der Waals surface area contributed by atoms with Gasteiger partial charge in [-0.15, -0.1) is 0 Å². The molecule has 15 heavy (non-hydrogen) atoms. The highest BCUT2D eigenvalue weighted by molar-refractivity contribution is 7.97. The summed E-state index contributed by atoms with van der Waals surface area (Å²) in [4.78, 5) is 0. The van der Waals surface area contributed by atoms with E-state index in [0.29, 0.717) is 0 Å². The molecule has 2 heteroatoms. The zero-order valence-corrected chi connectivity index (χ0v) is 10.4. The molecule has 0 N–H and O–H groups in total. The first-order valence-corrected chi connectivity index (χ1v) is 6.73. The highest BCUT2D eigenvalue weighted by Gasteiger charge is 2.06. The van der Waals surface area contributed by atoms with Crippen LogP contribution in [0.4, 0.5) is 0 Å². The van der Waals surface area contributed by atoms with Crippen LogP contribution >= 0.6 is 11.8 Å². The quantitative estimate of drug-likeness (QED) is 0.759. The lowest BCUT2D eigenvalue weighted by molar-refractivity contribution is 0.765. The number of rotatable bonds is 3. The molecule has 0 spiro atoms. The lowest BCUT2D eigenvalue weighted by atomic mass is 10.2. The molecular formula is C13H17NS. The normalized spacial score (nSPS) is 11.1. The maximum absolute atomic E-state index is 2.42. The smallest absolute Gasteiger partial charge is 0.0485 e. The maximum Gasteiger partial charge on any atom is 0.0485 e. The maximum atomic E-state index is 2.42. The van der Waals surface area contributed by atoms with E-state index in [4.69, 9.17) is 0 Å². The van der Waals surface area contributed by atoms with Gasteiger partial charge in [0, 0.05) is 23.5 Å². The molecular weight excluding hydrogens is 202 g/mol. The number of thioether (sulfide) groups is 1. The number of hydrogen-bond acceptors (Lipinski definition) is 1. The number of hydrogen-bond donors (Lipinski definition) is 0. The van der Waals surface area contributed by atoms with Crippen molar-refractivity contribution in [3.8, 4) is 0 Å². The summed E-state index contributed by atoms with van der Waals surface area (Å²) < 4.78 is 2.42. The fourth-order valence-electron chi connectivity index (χ4n) is 2.06. The second-order valence-electron chi connectivity index (χ2n) is 3.88. The average molecular weight is 219 g/mol. The van der Waals surface area contributed by atoms with Gasteiger partial charge in [-0.05, 0) is 43.2 Å². The second-order valence-corrected chi connectivity index (χ2v) is 4.74. The summed E-state index contributed by atoms with van der Waals surface area (Å²) in [5, 5.41) is 1.37. The molecule has 0 aliphatic carbocycles. The van der Waals surface area contributed by atoms with Crippen molar-refractivity contribution in [3.05, 3.63) is 35.5 Å². The van der Waals surface area contributed by atoms with Gasteiger partial charge in [-0.2, -0.15) is 11.8 Å². The van der Waals surface area contributed by atoms with Crippen molar-refractivity contribution >= 4 is 22.7 Å². The summed E-state index contributed by atoms with van der Waals surface area (Å²) in [5.74, 6) is 1.10. The SMILES string of the molecule is CCn1c(CSC)cc2ccc(C)cc21. The molecule has 2 rings (SSSR count). The van der Waals surface area contributed by atoms with Crippen molar-refractivity contribution in [2.75, 3.05) is 6.26 Å². The van der Waals surface area contributed by atoms with Crippen LogP contribution in [0.25, 0.3) is 10.9 Å². The topological polar surface area (TPSA) is 4.93 Å². The van der Waals surface area contributed by atoms with Gasteiger partial charge in [0.25, 0.3) is 0 Å². The molecule has 0 atom stereocenters. The number of aromatic nitrogens is 1. The number of nitrogens with zero attached hydrogens (tertiary/aromatic N) is 1. The van der Waals surface area contributed by atoms with Crippen molar-refractivity contribution in [1.82, 2.24) is 4.57 Å². The summed E-state index contributed by atoms with van der Waals surface area (Å²) >= 11 is 1.88. The van der Waals surface area contributed by atoms with Crippen LogP contribution in [-0.4, -0.2) is 10.8 Å². The number of benzene rings is 1. The zero-order chi connectivity index (χ0) is 10.8. The molecule has 0 bridgehead atoms. The highest BCUT2D eigenvalue weighted by Crippen LogP contribution is 2.23. The van der Waals surface area contributed by atoms with E-state index < -0.39 is 0 Å². The van der Waals surface area contributed by atoms with Crippen molar-refractivity contribution in [3.63, 3.8) is 0 Å². The lowest BCUT2D eigenvalue weighted by Gasteiger charge is -2.06. The molecule has 1 aromatic carbocycles. The van der Waals surface area contributed by atoms with Gasteiger partial charge < -0.3 is 4.57 Å². The molecule has 2 aromatic rings. The number of aryl methyl sites for hydroxylation is 2. The second kappa shape index (κ2) is 4.31. The Morgan fingerprint density at radius 1 is 1.27 bits per heavy atom. The van der Waals surface area contributed by atoms with Gasteiger partial charge in [0.05, 0.1) is 0 Å². The Bertz CT molecular complexity index is 471. The van der Waals surface area contributed by atoms with Crippen LogP contribution < -0.4 is 0 Å². The third-order valence-electron chi connectivity index (χ3n) is 2.75. The van der Waals surface area contributed by atoms with E-state index in [1.807, 2.05) is 11.8 Å². The molecule has 1 nitrogen and oxygen atoms in total. The molecule has 0 saturated carbocycles. The van der Waals surface area contributed by atoms with Gasteiger partial charge in [-0.25, -0.2) is 0 Å². The van der Waals surface area contributed by atoms with Crippen LogP contribution in [0.2, 0.25) is 0 Å². The first kappa shape index (κ1) is 10.6. The molecule has 0 unspecified atom stereocenters. The van der Waals surface area contributed by atoms with Crippen LogP contribution in [0.5, 0.6) is 0 Å². The Labute approximate surface area is 95.5 Å². The summed E-state index contributed by atoms with van der Waals surface area (Å²) in [6.45, 7) is 5.43. The Morgan fingerprint density at radius 3 is 2.73 bits per heavy atom. The van der Waals surface area contributed by atoms with Gasteiger partial charge in [0.15, 0.2) is 0 Å². The minimum Gasteiger partial charge on any atom is -0.344 e. The van der Waals surface area contributed by atoms with Gasteiger partial charge in [0.1, 0.15) is 0 Å². The molecule has 0 fully saturated rings. The van der Waals surface area contributed by atoms with Gasteiger partial charge in [-0.3, -0.25) is 0 Å². The molecule has 0 aliphatic heterocycles. The molecule has 1 heterocycles. The van der Waals surface area contributed by atoms with E-state index in [-0.39, 0.29) is 0 Å². The van der Waals surface area contributed by atoms with Gasteiger partial charge >= 0.3 is 0 Å². The summed E-state index contributed by atoms with van der Waals surface area (Å²) in [7, 11) is 0. The third kappa shape index (κ3) is 1.91. The van der Waals surface area contributed by atoms with E-state index in [9.17, 15) is 0 Å². The highest BCUT2D eigenvalue weighted by atomic mass is 32.2. The molecule has 0 aliphatic rings. The minimum absolute atomic E-state index is 1.06. The average Bonchev–Trinajstić information content (AvgIpc) is 2.55. The van der Waals surface area contributed by atoms with Crippen LogP contribution in [0, 0.1) is 6.92 Å². The van der Waals surface area contributed by atoms with Crippen LogP contribution in [0.15, 0.2) is 24.3 Å². The monoisotopic (exact) mass is 219 g/mol. The Morgan fingerprint density at radius 2 is 2.07 bits per heavy atom. The molecule has 0 radical (unpaired) electrons. The first-order chi connectivity index (χ1) is 7.26. The third-order valence-corrected chi connectivity index (χ3v) is 3.34. The Balaban J connectivity index is 2.63. The predicted molar refractivity (Wildman–Crippen MR) is 69.6 cm³/mol. The van der Waals surface area contributed by atoms with Crippen LogP contribution in [-0.2, 0) is 12.3 Å². The van der Waals surface area contributed by atoms with E-state index in [2.05, 4.69) is 48.9 Å². The van der Waals surface area contributed by atoms with Crippen molar-refractivity contribution < 1.29 is 0 Å². The summed E-state index contributed by atoms with van der Waals surface area (Å²) in [6.07, 6.45) is 2.16.